The first-order chi connectivity index (χ1) is 12.6. The van der Waals surface area contributed by atoms with Crippen LogP contribution in [0.2, 0.25) is 0 Å². The summed E-state index contributed by atoms with van der Waals surface area (Å²) in [5.74, 6) is 1.48. The van der Waals surface area contributed by atoms with E-state index in [2.05, 4.69) is 60.7 Å². The molecule has 1 aliphatic heterocycles. The van der Waals surface area contributed by atoms with Gasteiger partial charge in [0.2, 0.25) is 0 Å². The minimum atomic E-state index is 0. The van der Waals surface area contributed by atoms with Gasteiger partial charge in [0.15, 0.2) is 5.96 Å². The van der Waals surface area contributed by atoms with Crippen molar-refractivity contribution in [3.05, 3.63) is 17.5 Å². The molecule has 1 aliphatic rings. The van der Waals surface area contributed by atoms with Crippen LogP contribution < -0.4 is 15.5 Å². The quantitative estimate of drug-likeness (QED) is 0.296. The summed E-state index contributed by atoms with van der Waals surface area (Å²) in [6.45, 7) is 13.3. The first kappa shape index (κ1) is 24.5. The van der Waals surface area contributed by atoms with E-state index >= 15 is 0 Å². The van der Waals surface area contributed by atoms with Gasteiger partial charge in [-0.25, -0.2) is 0 Å². The highest BCUT2D eigenvalue weighted by molar-refractivity contribution is 14.0. The number of anilines is 1. The molecule has 0 amide bonds. The molecule has 1 fully saturated rings. The van der Waals surface area contributed by atoms with Gasteiger partial charge < -0.3 is 20.3 Å². The number of hydrogen-bond acceptors (Lipinski definition) is 4. The van der Waals surface area contributed by atoms with Gasteiger partial charge in [0, 0.05) is 38.8 Å². The van der Waals surface area contributed by atoms with E-state index in [4.69, 9.17) is 9.73 Å². The minimum Gasteiger partial charge on any atom is -0.378 e. The van der Waals surface area contributed by atoms with Gasteiger partial charge in [-0.2, -0.15) is 0 Å². The average molecular weight is 509 g/mol. The number of aliphatic imine (C=N–C) groups is 1. The van der Waals surface area contributed by atoms with Crippen LogP contribution in [0.3, 0.4) is 0 Å². The van der Waals surface area contributed by atoms with Crippen LogP contribution in [0.25, 0.3) is 0 Å². The predicted octanol–water partition coefficient (Wildman–Crippen LogP) is 4.34. The molecule has 0 radical (unpaired) electrons. The molecule has 0 aromatic carbocycles. The Balaban J connectivity index is 0.00000364. The molecule has 2 rings (SSSR count). The van der Waals surface area contributed by atoms with Gasteiger partial charge in [0.05, 0.1) is 11.1 Å². The molecule has 0 bridgehead atoms. The molecular formula is C20H37IN4OS. The monoisotopic (exact) mass is 508 g/mol. The van der Waals surface area contributed by atoms with E-state index < -0.39 is 0 Å². The highest BCUT2D eigenvalue weighted by atomic mass is 127. The van der Waals surface area contributed by atoms with Crippen molar-refractivity contribution in [1.82, 2.24) is 10.6 Å². The molecule has 27 heavy (non-hydrogen) atoms. The van der Waals surface area contributed by atoms with E-state index in [1.165, 1.54) is 5.00 Å². The fourth-order valence-electron chi connectivity index (χ4n) is 3.33. The van der Waals surface area contributed by atoms with Crippen molar-refractivity contribution in [3.8, 4) is 0 Å². The van der Waals surface area contributed by atoms with Crippen molar-refractivity contribution in [2.24, 2.45) is 10.9 Å². The highest BCUT2D eigenvalue weighted by Gasteiger charge is 2.20. The topological polar surface area (TPSA) is 48.9 Å². The average Bonchev–Trinajstić information content (AvgIpc) is 3.16. The summed E-state index contributed by atoms with van der Waals surface area (Å²) in [4.78, 5) is 7.27. The first-order valence-corrected chi connectivity index (χ1v) is 11.0. The lowest BCUT2D eigenvalue weighted by Gasteiger charge is -2.33. The lowest BCUT2D eigenvalue weighted by atomic mass is 10.0. The summed E-state index contributed by atoms with van der Waals surface area (Å²) < 4.78 is 5.83. The van der Waals surface area contributed by atoms with Crippen LogP contribution in [0.1, 0.15) is 47.0 Å². The standard InChI is InChI=1S/C20H36N4OS.HI/c1-5-21-20(22-12-9-18(16(3)4)25-6-2)23-17-10-13-24(14-11-17)19-8-7-15-26-19;/h7-8,15-18H,5-6,9-14H2,1-4H3,(H2,21,22,23);1H. The number of nitrogens with one attached hydrogen (secondary N) is 2. The van der Waals surface area contributed by atoms with Gasteiger partial charge in [0.25, 0.3) is 0 Å². The Morgan fingerprint density at radius 2 is 2.07 bits per heavy atom. The third-order valence-corrected chi connectivity index (χ3v) is 5.73. The highest BCUT2D eigenvalue weighted by Crippen LogP contribution is 2.24. The smallest absolute Gasteiger partial charge is 0.191 e. The van der Waals surface area contributed by atoms with Crippen LogP contribution in [0, 0.1) is 5.92 Å². The van der Waals surface area contributed by atoms with Gasteiger partial charge in [-0.05, 0) is 56.5 Å². The zero-order valence-corrected chi connectivity index (χ0v) is 20.4. The third kappa shape index (κ3) is 8.56. The van der Waals surface area contributed by atoms with Crippen LogP contribution in [0.15, 0.2) is 22.5 Å². The molecule has 2 heterocycles. The Kier molecular flexibility index (Phi) is 12.3. The van der Waals surface area contributed by atoms with Crippen molar-refractivity contribution in [2.45, 2.75) is 59.1 Å². The third-order valence-electron chi connectivity index (χ3n) is 4.81. The SMILES string of the molecule is CCNC(=NCCC(OCC)C(C)C)NC1CCN(c2cccs2)CC1.I. The van der Waals surface area contributed by atoms with Gasteiger partial charge in [0.1, 0.15) is 0 Å². The molecule has 7 heteroatoms. The number of halogens is 1. The van der Waals surface area contributed by atoms with Gasteiger partial charge in [-0.15, -0.1) is 35.3 Å². The summed E-state index contributed by atoms with van der Waals surface area (Å²) in [5.41, 5.74) is 0. The van der Waals surface area contributed by atoms with Crippen LogP contribution in [0.4, 0.5) is 5.00 Å². The number of hydrogen-bond donors (Lipinski definition) is 2. The van der Waals surface area contributed by atoms with E-state index in [-0.39, 0.29) is 24.0 Å². The zero-order valence-electron chi connectivity index (χ0n) is 17.2. The Bertz CT molecular complexity index is 516. The van der Waals surface area contributed by atoms with Crippen LogP contribution in [0.5, 0.6) is 0 Å². The molecular weight excluding hydrogens is 471 g/mol. The van der Waals surface area contributed by atoms with Gasteiger partial charge in [-0.1, -0.05) is 13.8 Å². The van der Waals surface area contributed by atoms with Gasteiger partial charge >= 0.3 is 0 Å². The second-order valence-electron chi connectivity index (χ2n) is 7.14. The number of ether oxygens (including phenoxy) is 1. The summed E-state index contributed by atoms with van der Waals surface area (Å²) in [7, 11) is 0. The molecule has 1 atom stereocenters. The summed E-state index contributed by atoms with van der Waals surface area (Å²) in [6, 6.07) is 4.84. The normalized spacial score (nSPS) is 16.9. The second-order valence-corrected chi connectivity index (χ2v) is 8.07. The lowest BCUT2D eigenvalue weighted by molar-refractivity contribution is 0.0266. The Hall–Kier alpha value is -0.540. The number of guanidine groups is 1. The van der Waals surface area contributed by atoms with Crippen LogP contribution >= 0.6 is 35.3 Å². The molecule has 1 saturated heterocycles. The molecule has 1 unspecified atom stereocenters. The van der Waals surface area contributed by atoms with E-state index in [9.17, 15) is 0 Å². The van der Waals surface area contributed by atoms with E-state index in [0.717, 1.165) is 58.0 Å². The Morgan fingerprint density at radius 3 is 2.63 bits per heavy atom. The van der Waals surface area contributed by atoms with Crippen molar-refractivity contribution in [1.29, 1.82) is 0 Å². The number of piperidine rings is 1. The fraction of sp³-hybridized carbons (Fsp3) is 0.750. The van der Waals surface area contributed by atoms with Crippen molar-refractivity contribution in [2.75, 3.05) is 37.7 Å². The summed E-state index contributed by atoms with van der Waals surface area (Å²) in [6.07, 6.45) is 3.56. The van der Waals surface area contributed by atoms with E-state index in [1.54, 1.807) is 0 Å². The molecule has 0 spiro atoms. The summed E-state index contributed by atoms with van der Waals surface area (Å²) in [5, 5.41) is 10.6. The molecule has 2 N–H and O–H groups in total. The first-order valence-electron chi connectivity index (χ1n) is 10.1. The van der Waals surface area contributed by atoms with Crippen molar-refractivity contribution < 1.29 is 4.74 Å². The molecule has 1 aromatic heterocycles. The second kappa shape index (κ2) is 13.6. The van der Waals surface area contributed by atoms with E-state index in [0.29, 0.717) is 18.1 Å². The minimum absolute atomic E-state index is 0. The maximum atomic E-state index is 5.83. The zero-order chi connectivity index (χ0) is 18.8. The number of thiophene rings is 1. The molecule has 5 nitrogen and oxygen atoms in total. The predicted molar refractivity (Wildman–Crippen MR) is 129 cm³/mol. The lowest BCUT2D eigenvalue weighted by Crippen LogP contribution is -2.48. The van der Waals surface area contributed by atoms with E-state index in [1.807, 2.05) is 11.3 Å². The van der Waals surface area contributed by atoms with Crippen LogP contribution in [-0.2, 0) is 4.74 Å². The molecule has 0 aliphatic carbocycles. The van der Waals surface area contributed by atoms with Crippen LogP contribution in [-0.4, -0.2) is 50.9 Å². The largest absolute Gasteiger partial charge is 0.378 e. The van der Waals surface area contributed by atoms with Crippen molar-refractivity contribution in [3.63, 3.8) is 0 Å². The number of rotatable bonds is 9. The maximum Gasteiger partial charge on any atom is 0.191 e. The summed E-state index contributed by atoms with van der Waals surface area (Å²) >= 11 is 1.83. The molecule has 0 saturated carbocycles. The molecule has 1 aromatic rings. The Morgan fingerprint density at radius 1 is 1.33 bits per heavy atom. The Labute approximate surface area is 186 Å². The van der Waals surface area contributed by atoms with Crippen molar-refractivity contribution >= 4 is 46.3 Å². The number of nitrogens with zero attached hydrogens (tertiary/aromatic N) is 2. The van der Waals surface area contributed by atoms with Gasteiger partial charge in [-0.3, -0.25) is 4.99 Å². The molecule has 156 valence electrons. The maximum absolute atomic E-state index is 5.83. The fourth-order valence-corrected chi connectivity index (χ4v) is 4.12.